The minimum absolute atomic E-state index is 0.160. The Labute approximate surface area is 140 Å². The van der Waals surface area contributed by atoms with Crippen LogP contribution in [0.5, 0.6) is 0 Å². The van der Waals surface area contributed by atoms with Gasteiger partial charge in [-0.05, 0) is 36.1 Å². The Kier molecular flexibility index (Phi) is 4.88. The van der Waals surface area contributed by atoms with Crippen LogP contribution in [0.25, 0.3) is 10.2 Å². The lowest BCUT2D eigenvalue weighted by Crippen LogP contribution is -2.11. The van der Waals surface area contributed by atoms with Gasteiger partial charge in [-0.15, -0.1) is 11.3 Å². The van der Waals surface area contributed by atoms with Crippen molar-refractivity contribution in [1.29, 1.82) is 0 Å². The number of carbonyl (C=O) groups is 1. The van der Waals surface area contributed by atoms with Crippen LogP contribution in [0.4, 0.5) is 4.39 Å². The van der Waals surface area contributed by atoms with Crippen LogP contribution < -0.4 is 0 Å². The molecule has 1 aromatic carbocycles. The summed E-state index contributed by atoms with van der Waals surface area (Å²) in [5, 5.41) is 3.66. The Morgan fingerprint density at radius 3 is 2.87 bits per heavy atom. The number of nitrogens with zero attached hydrogens (tertiary/aromatic N) is 2. The minimum atomic E-state index is -0.421. The van der Waals surface area contributed by atoms with Gasteiger partial charge in [-0.2, -0.15) is 0 Å². The zero-order chi connectivity index (χ0) is 16.2. The maximum Gasteiger partial charge on any atom is 0.316 e. The van der Waals surface area contributed by atoms with Crippen LogP contribution in [0.2, 0.25) is 0 Å². The van der Waals surface area contributed by atoms with E-state index in [1.807, 2.05) is 11.4 Å². The van der Waals surface area contributed by atoms with E-state index in [9.17, 15) is 9.18 Å². The highest BCUT2D eigenvalue weighted by molar-refractivity contribution is 8.00. The van der Waals surface area contributed by atoms with Crippen LogP contribution in [0.3, 0.4) is 0 Å². The van der Waals surface area contributed by atoms with Crippen LogP contribution in [-0.4, -0.2) is 21.7 Å². The second-order valence-corrected chi connectivity index (χ2v) is 6.65. The van der Waals surface area contributed by atoms with Crippen molar-refractivity contribution >= 4 is 39.3 Å². The lowest BCUT2D eigenvalue weighted by Gasteiger charge is -2.13. The van der Waals surface area contributed by atoms with Crippen LogP contribution in [-0.2, 0) is 9.53 Å². The fourth-order valence-electron chi connectivity index (χ4n) is 2.04. The zero-order valence-corrected chi connectivity index (χ0v) is 13.9. The van der Waals surface area contributed by atoms with E-state index in [1.165, 1.54) is 41.6 Å². The van der Waals surface area contributed by atoms with Crippen LogP contribution in [0.15, 0.2) is 47.1 Å². The van der Waals surface area contributed by atoms with Crippen molar-refractivity contribution in [2.75, 3.05) is 5.75 Å². The SMILES string of the molecule is CC(OC(=O)CSc1ncnc2sccc12)c1ccc(F)cc1. The van der Waals surface area contributed by atoms with E-state index in [1.54, 1.807) is 19.1 Å². The highest BCUT2D eigenvalue weighted by Gasteiger charge is 2.14. The van der Waals surface area contributed by atoms with E-state index < -0.39 is 6.10 Å². The first kappa shape index (κ1) is 15.9. The molecular weight excluding hydrogens is 335 g/mol. The molecular formula is C16H13FN2O2S2. The van der Waals surface area contributed by atoms with Crippen molar-refractivity contribution in [1.82, 2.24) is 9.97 Å². The van der Waals surface area contributed by atoms with Gasteiger partial charge in [0.2, 0.25) is 0 Å². The Hall–Kier alpha value is -1.99. The average molecular weight is 348 g/mol. The second-order valence-electron chi connectivity index (χ2n) is 4.79. The fraction of sp³-hybridized carbons (Fsp3) is 0.188. The second kappa shape index (κ2) is 7.06. The number of hydrogen-bond donors (Lipinski definition) is 0. The number of halogens is 1. The zero-order valence-electron chi connectivity index (χ0n) is 12.2. The lowest BCUT2D eigenvalue weighted by atomic mass is 10.1. The molecule has 118 valence electrons. The summed E-state index contributed by atoms with van der Waals surface area (Å²) in [6.07, 6.45) is 1.07. The summed E-state index contributed by atoms with van der Waals surface area (Å²) in [6.45, 7) is 1.76. The van der Waals surface area contributed by atoms with Gasteiger partial charge in [0.25, 0.3) is 0 Å². The number of carbonyl (C=O) groups excluding carboxylic acids is 1. The average Bonchev–Trinajstić information content (AvgIpc) is 3.02. The summed E-state index contributed by atoms with van der Waals surface area (Å²) in [7, 11) is 0. The molecule has 0 saturated carbocycles. The molecule has 1 unspecified atom stereocenters. The van der Waals surface area contributed by atoms with E-state index in [0.717, 1.165) is 20.8 Å². The molecule has 7 heteroatoms. The number of aromatic nitrogens is 2. The maximum absolute atomic E-state index is 12.9. The van der Waals surface area contributed by atoms with Crippen molar-refractivity contribution in [2.24, 2.45) is 0 Å². The third-order valence-corrected chi connectivity index (χ3v) is 5.00. The molecule has 0 bridgehead atoms. The fourth-order valence-corrected chi connectivity index (χ4v) is 3.60. The van der Waals surface area contributed by atoms with Gasteiger partial charge >= 0.3 is 5.97 Å². The van der Waals surface area contributed by atoms with Gasteiger partial charge in [-0.1, -0.05) is 23.9 Å². The molecule has 0 aliphatic rings. The molecule has 0 radical (unpaired) electrons. The topological polar surface area (TPSA) is 52.1 Å². The van der Waals surface area contributed by atoms with Gasteiger partial charge in [0, 0.05) is 5.39 Å². The predicted molar refractivity (Wildman–Crippen MR) is 89.0 cm³/mol. The van der Waals surface area contributed by atoms with Crippen LogP contribution in [0.1, 0.15) is 18.6 Å². The van der Waals surface area contributed by atoms with Gasteiger partial charge in [0.15, 0.2) is 0 Å². The smallest absolute Gasteiger partial charge is 0.316 e. The Balaban J connectivity index is 1.59. The number of ether oxygens (including phenoxy) is 1. The summed E-state index contributed by atoms with van der Waals surface area (Å²) in [6, 6.07) is 7.86. The Morgan fingerprint density at radius 2 is 2.09 bits per heavy atom. The number of fused-ring (bicyclic) bond motifs is 1. The number of hydrogen-bond acceptors (Lipinski definition) is 6. The highest BCUT2D eigenvalue weighted by atomic mass is 32.2. The third-order valence-electron chi connectivity index (χ3n) is 3.20. The Morgan fingerprint density at radius 1 is 1.30 bits per heavy atom. The van der Waals surface area contributed by atoms with Gasteiger partial charge in [0.1, 0.15) is 28.1 Å². The largest absolute Gasteiger partial charge is 0.457 e. The first-order chi connectivity index (χ1) is 11.1. The summed E-state index contributed by atoms with van der Waals surface area (Å²) in [5.41, 5.74) is 0.756. The summed E-state index contributed by atoms with van der Waals surface area (Å²) in [4.78, 5) is 21.3. The molecule has 0 fully saturated rings. The summed E-state index contributed by atoms with van der Waals surface area (Å²) < 4.78 is 18.3. The molecule has 2 aromatic heterocycles. The standard InChI is InChI=1S/C16H13FN2O2S2/c1-10(11-2-4-12(17)5-3-11)21-14(20)8-23-16-13-6-7-22-15(13)18-9-19-16/h2-7,9-10H,8H2,1H3. The summed E-state index contributed by atoms with van der Waals surface area (Å²) in [5.74, 6) is -0.492. The van der Waals surface area contributed by atoms with E-state index in [2.05, 4.69) is 9.97 Å². The van der Waals surface area contributed by atoms with E-state index >= 15 is 0 Å². The number of esters is 1. The lowest BCUT2D eigenvalue weighted by molar-refractivity contribution is -0.145. The van der Waals surface area contributed by atoms with Crippen molar-refractivity contribution in [3.05, 3.63) is 53.4 Å². The molecule has 0 spiro atoms. The first-order valence-corrected chi connectivity index (χ1v) is 8.76. The quantitative estimate of drug-likeness (QED) is 0.392. The first-order valence-electron chi connectivity index (χ1n) is 6.89. The highest BCUT2D eigenvalue weighted by Crippen LogP contribution is 2.28. The molecule has 2 heterocycles. The molecule has 4 nitrogen and oxygen atoms in total. The van der Waals surface area contributed by atoms with Crippen molar-refractivity contribution < 1.29 is 13.9 Å². The normalized spacial score (nSPS) is 12.3. The number of benzene rings is 1. The monoisotopic (exact) mass is 348 g/mol. The van der Waals surface area contributed by atoms with Crippen molar-refractivity contribution in [3.63, 3.8) is 0 Å². The number of thiophene rings is 1. The van der Waals surface area contributed by atoms with E-state index in [-0.39, 0.29) is 17.5 Å². The maximum atomic E-state index is 12.9. The molecule has 0 aliphatic carbocycles. The molecule has 1 atom stereocenters. The number of rotatable bonds is 5. The van der Waals surface area contributed by atoms with E-state index in [0.29, 0.717) is 0 Å². The van der Waals surface area contributed by atoms with Gasteiger partial charge < -0.3 is 4.74 Å². The summed E-state index contributed by atoms with van der Waals surface area (Å²) >= 11 is 2.86. The molecule has 0 saturated heterocycles. The number of thioether (sulfide) groups is 1. The van der Waals surface area contributed by atoms with Crippen molar-refractivity contribution in [3.8, 4) is 0 Å². The molecule has 0 N–H and O–H groups in total. The van der Waals surface area contributed by atoms with Gasteiger partial charge in [-0.3, -0.25) is 4.79 Å². The minimum Gasteiger partial charge on any atom is -0.457 e. The molecule has 3 rings (SSSR count). The third kappa shape index (κ3) is 3.86. The Bertz CT molecular complexity index is 820. The van der Waals surface area contributed by atoms with Crippen molar-refractivity contribution in [2.45, 2.75) is 18.1 Å². The van der Waals surface area contributed by atoms with Gasteiger partial charge in [-0.25, -0.2) is 14.4 Å². The van der Waals surface area contributed by atoms with E-state index in [4.69, 9.17) is 4.74 Å². The van der Waals surface area contributed by atoms with Crippen LogP contribution in [0, 0.1) is 5.82 Å². The van der Waals surface area contributed by atoms with Gasteiger partial charge in [0.05, 0.1) is 5.75 Å². The molecule has 0 amide bonds. The molecule has 23 heavy (non-hydrogen) atoms. The predicted octanol–water partition coefficient (Wildman–Crippen LogP) is 4.23. The van der Waals surface area contributed by atoms with Crippen LogP contribution >= 0.6 is 23.1 Å². The molecule has 3 aromatic rings. The molecule has 0 aliphatic heterocycles.